The molecule has 6 rings (SSSR count). The van der Waals surface area contributed by atoms with E-state index in [4.69, 9.17) is 0 Å². The Morgan fingerprint density at radius 3 is 2.23 bits per heavy atom. The highest BCUT2D eigenvalue weighted by molar-refractivity contribution is 7.91. The molecule has 39 heavy (non-hydrogen) atoms. The number of aryl methyl sites for hydroxylation is 1. The number of imidazole rings is 1. The molecular formula is C26H20F5N3O4S. The Kier molecular flexibility index (Phi) is 5.33. The third kappa shape index (κ3) is 4.01. The summed E-state index contributed by atoms with van der Waals surface area (Å²) in [5.41, 5.74) is -0.0793. The maximum atomic E-state index is 13.5. The maximum Gasteiger partial charge on any atom is 0.586 e. The molecular weight excluding hydrogens is 545 g/mol. The molecule has 7 nitrogen and oxygen atoms in total. The molecule has 13 heteroatoms. The van der Waals surface area contributed by atoms with Gasteiger partial charge in [-0.3, -0.25) is 4.98 Å². The van der Waals surface area contributed by atoms with Crippen LogP contribution in [0.25, 0.3) is 33.7 Å². The minimum atomic E-state index is -4.34. The Hall–Kier alpha value is -3.74. The van der Waals surface area contributed by atoms with Crippen molar-refractivity contribution in [1.82, 2.24) is 14.5 Å². The zero-order valence-electron chi connectivity index (χ0n) is 20.5. The van der Waals surface area contributed by atoms with Crippen molar-refractivity contribution in [1.29, 1.82) is 0 Å². The van der Waals surface area contributed by atoms with Gasteiger partial charge in [0.2, 0.25) is 0 Å². The standard InChI is InChI=1S/C26H20F5N3O4S/c1-3-39(35,36)21-10-15(14-4-6-16(7-5-14)24(8-9-24)25(27,28)29)13-32-22(21)23-33-17-11-19-20(12-18(17)34(23)2)38-26(30,31)37-19/h4-7,10-13H,3,8-9H2,1-2H3. The van der Waals surface area contributed by atoms with E-state index in [1.165, 1.54) is 60.2 Å². The van der Waals surface area contributed by atoms with Crippen LogP contribution in [0.5, 0.6) is 11.5 Å². The third-order valence-electron chi connectivity index (χ3n) is 7.25. The van der Waals surface area contributed by atoms with E-state index in [2.05, 4.69) is 19.4 Å². The lowest BCUT2D eigenvalue weighted by Crippen LogP contribution is -2.28. The molecule has 0 unspecified atom stereocenters. The smallest absolute Gasteiger partial charge is 0.395 e. The molecule has 2 aromatic carbocycles. The molecule has 1 aliphatic carbocycles. The van der Waals surface area contributed by atoms with Crippen molar-refractivity contribution in [2.45, 2.75) is 42.5 Å². The van der Waals surface area contributed by atoms with Crippen LogP contribution in [0.15, 0.2) is 53.6 Å². The van der Waals surface area contributed by atoms with E-state index < -0.39 is 27.7 Å². The van der Waals surface area contributed by atoms with Crippen LogP contribution in [0.1, 0.15) is 25.3 Å². The van der Waals surface area contributed by atoms with Crippen LogP contribution in [0.3, 0.4) is 0 Å². The first-order valence-electron chi connectivity index (χ1n) is 11.9. The highest BCUT2D eigenvalue weighted by Crippen LogP contribution is 2.59. The van der Waals surface area contributed by atoms with Gasteiger partial charge in [-0.05, 0) is 30.0 Å². The van der Waals surface area contributed by atoms with Gasteiger partial charge in [-0.15, -0.1) is 8.78 Å². The summed E-state index contributed by atoms with van der Waals surface area (Å²) in [5.74, 6) is -0.472. The number of pyridine rings is 1. The summed E-state index contributed by atoms with van der Waals surface area (Å²) in [6, 6.07) is 9.87. The highest BCUT2D eigenvalue weighted by Gasteiger charge is 2.64. The van der Waals surface area contributed by atoms with Gasteiger partial charge in [-0.25, -0.2) is 13.4 Å². The van der Waals surface area contributed by atoms with Crippen molar-refractivity contribution in [3.8, 4) is 34.1 Å². The number of benzene rings is 2. The number of fused-ring (bicyclic) bond motifs is 2. The van der Waals surface area contributed by atoms with Crippen LogP contribution < -0.4 is 9.47 Å². The van der Waals surface area contributed by atoms with Crippen LogP contribution >= 0.6 is 0 Å². The number of halogens is 5. The second-order valence-electron chi connectivity index (χ2n) is 9.58. The summed E-state index contributed by atoms with van der Waals surface area (Å²) < 4.78 is 104. The Labute approximate surface area is 219 Å². The van der Waals surface area contributed by atoms with Gasteiger partial charge in [0.1, 0.15) is 5.69 Å². The molecule has 1 aliphatic heterocycles. The number of aromatic nitrogens is 3. The summed E-state index contributed by atoms with van der Waals surface area (Å²) in [4.78, 5) is 8.71. The van der Waals surface area contributed by atoms with E-state index in [9.17, 15) is 30.4 Å². The van der Waals surface area contributed by atoms with Crippen LogP contribution in [0.2, 0.25) is 0 Å². The Morgan fingerprint density at radius 2 is 1.64 bits per heavy atom. The van der Waals surface area contributed by atoms with E-state index in [-0.39, 0.29) is 57.6 Å². The van der Waals surface area contributed by atoms with Crippen molar-refractivity contribution in [2.75, 3.05) is 5.75 Å². The maximum absolute atomic E-state index is 13.5. The van der Waals surface area contributed by atoms with E-state index in [0.29, 0.717) is 16.6 Å². The van der Waals surface area contributed by atoms with Crippen LogP contribution in [-0.4, -0.2) is 41.2 Å². The highest BCUT2D eigenvalue weighted by atomic mass is 32.2. The summed E-state index contributed by atoms with van der Waals surface area (Å²) in [6.07, 6.45) is -6.65. The van der Waals surface area contributed by atoms with E-state index in [1.54, 1.807) is 7.05 Å². The van der Waals surface area contributed by atoms with Gasteiger partial charge in [-0.2, -0.15) is 13.2 Å². The number of rotatable bonds is 5. The van der Waals surface area contributed by atoms with Crippen molar-refractivity contribution < 1.29 is 39.8 Å². The van der Waals surface area contributed by atoms with Crippen LogP contribution in [-0.2, 0) is 22.3 Å². The lowest BCUT2D eigenvalue weighted by Gasteiger charge is -2.20. The van der Waals surface area contributed by atoms with Crippen LogP contribution in [0.4, 0.5) is 22.0 Å². The normalized spacial score (nSPS) is 17.5. The van der Waals surface area contributed by atoms with E-state index in [1.807, 2.05) is 0 Å². The summed E-state index contributed by atoms with van der Waals surface area (Å²) in [6.45, 7) is 1.47. The first kappa shape index (κ1) is 25.5. The fraction of sp³-hybridized carbons (Fsp3) is 0.308. The number of nitrogens with zero attached hydrogens (tertiary/aromatic N) is 3. The fourth-order valence-electron chi connectivity index (χ4n) is 4.85. The fourth-order valence-corrected chi connectivity index (χ4v) is 5.91. The molecule has 4 aromatic rings. The minimum absolute atomic E-state index is 0.0344. The van der Waals surface area contributed by atoms with Gasteiger partial charge < -0.3 is 14.0 Å². The molecule has 0 radical (unpaired) electrons. The first-order valence-corrected chi connectivity index (χ1v) is 13.6. The van der Waals surface area contributed by atoms with Crippen molar-refractivity contribution in [2.24, 2.45) is 7.05 Å². The second-order valence-corrected chi connectivity index (χ2v) is 11.8. The van der Waals surface area contributed by atoms with E-state index in [0.717, 1.165) is 0 Å². The molecule has 0 amide bonds. The molecule has 0 N–H and O–H groups in total. The molecule has 1 fully saturated rings. The zero-order chi connectivity index (χ0) is 28.0. The molecule has 0 saturated heterocycles. The minimum Gasteiger partial charge on any atom is -0.395 e. The van der Waals surface area contributed by atoms with Gasteiger partial charge in [0.25, 0.3) is 0 Å². The quantitative estimate of drug-likeness (QED) is 0.276. The van der Waals surface area contributed by atoms with Gasteiger partial charge in [0.05, 0.1) is 27.1 Å². The van der Waals surface area contributed by atoms with Crippen molar-refractivity contribution >= 4 is 20.9 Å². The Bertz CT molecular complexity index is 1740. The lowest BCUT2D eigenvalue weighted by atomic mass is 9.93. The SMILES string of the molecule is CCS(=O)(=O)c1cc(-c2ccc(C3(C(F)(F)F)CC3)cc2)cnc1-c1nc2cc3c(cc2n1C)OC(F)(F)O3. The van der Waals surface area contributed by atoms with Gasteiger partial charge in [0.15, 0.2) is 27.2 Å². The van der Waals surface area contributed by atoms with Crippen LogP contribution in [0, 0.1) is 0 Å². The lowest BCUT2D eigenvalue weighted by molar-refractivity contribution is -0.286. The number of hydrogen-bond acceptors (Lipinski definition) is 6. The van der Waals surface area contributed by atoms with Gasteiger partial charge in [-0.1, -0.05) is 31.2 Å². The molecule has 0 atom stereocenters. The Morgan fingerprint density at radius 1 is 1.00 bits per heavy atom. The number of sulfone groups is 1. The molecule has 2 aromatic heterocycles. The largest absolute Gasteiger partial charge is 0.586 e. The predicted molar refractivity (Wildman–Crippen MR) is 130 cm³/mol. The van der Waals surface area contributed by atoms with Crippen molar-refractivity contribution in [3.05, 3.63) is 54.2 Å². The molecule has 0 spiro atoms. The molecule has 0 bridgehead atoms. The van der Waals surface area contributed by atoms with Gasteiger partial charge >= 0.3 is 12.5 Å². The molecule has 204 valence electrons. The monoisotopic (exact) mass is 565 g/mol. The zero-order valence-corrected chi connectivity index (χ0v) is 21.3. The topological polar surface area (TPSA) is 83.3 Å². The first-order chi connectivity index (χ1) is 18.2. The second kappa shape index (κ2) is 8.13. The molecule has 3 heterocycles. The molecule has 2 aliphatic rings. The number of ether oxygens (including phenoxy) is 2. The van der Waals surface area contributed by atoms with Gasteiger partial charge in [0, 0.05) is 30.9 Å². The number of alkyl halides is 5. The average molecular weight is 566 g/mol. The summed E-state index contributed by atoms with van der Waals surface area (Å²) in [7, 11) is -2.26. The summed E-state index contributed by atoms with van der Waals surface area (Å²) in [5, 5.41) is 0. The van der Waals surface area contributed by atoms with E-state index >= 15 is 0 Å². The number of hydrogen-bond donors (Lipinski definition) is 0. The third-order valence-corrected chi connectivity index (χ3v) is 8.99. The summed E-state index contributed by atoms with van der Waals surface area (Å²) >= 11 is 0. The van der Waals surface area contributed by atoms with Crippen molar-refractivity contribution in [3.63, 3.8) is 0 Å². The predicted octanol–water partition coefficient (Wildman–Crippen LogP) is 6.01. The molecule has 1 saturated carbocycles. The Balaban J connectivity index is 1.43. The average Bonchev–Trinajstić information content (AvgIpc) is 3.57.